The minimum Gasteiger partial charge on any atom is -0.366 e. The minimum atomic E-state index is -0.540. The molecule has 0 spiro atoms. The summed E-state index contributed by atoms with van der Waals surface area (Å²) in [6.45, 7) is 4.46. The number of rotatable bonds is 3. The summed E-state index contributed by atoms with van der Waals surface area (Å²) in [5.74, 6) is 0.445. The zero-order chi connectivity index (χ0) is 14.8. The van der Waals surface area contributed by atoms with Crippen LogP contribution in [0, 0.1) is 26.9 Å². The van der Waals surface area contributed by atoms with Crippen molar-refractivity contribution in [2.24, 2.45) is 5.41 Å². The van der Waals surface area contributed by atoms with E-state index < -0.39 is 4.92 Å². The molecule has 106 valence electrons. The predicted molar refractivity (Wildman–Crippen MR) is 75.3 cm³/mol. The molecule has 1 aromatic rings. The van der Waals surface area contributed by atoms with E-state index in [9.17, 15) is 10.1 Å². The highest BCUT2D eigenvalue weighted by molar-refractivity contribution is 5.56. The molecule has 1 saturated carbocycles. The fourth-order valence-corrected chi connectivity index (χ4v) is 2.77. The molecule has 1 unspecified atom stereocenters. The number of aromatic nitrogens is 1. The van der Waals surface area contributed by atoms with Crippen molar-refractivity contribution in [2.45, 2.75) is 45.6 Å². The van der Waals surface area contributed by atoms with E-state index in [0.29, 0.717) is 5.82 Å². The van der Waals surface area contributed by atoms with Gasteiger partial charge in [-0.3, -0.25) is 10.1 Å². The van der Waals surface area contributed by atoms with Crippen LogP contribution in [0.3, 0.4) is 0 Å². The Labute approximate surface area is 118 Å². The lowest BCUT2D eigenvalue weighted by Gasteiger charge is -2.35. The molecule has 6 nitrogen and oxygen atoms in total. The highest BCUT2D eigenvalue weighted by atomic mass is 16.6. The predicted octanol–water partition coefficient (Wildman–Crippen LogP) is 3.24. The van der Waals surface area contributed by atoms with Gasteiger partial charge in [-0.05, 0) is 24.7 Å². The molecule has 1 fully saturated rings. The van der Waals surface area contributed by atoms with E-state index in [0.717, 1.165) is 19.3 Å². The highest BCUT2D eigenvalue weighted by Crippen LogP contribution is 2.36. The van der Waals surface area contributed by atoms with Crippen molar-refractivity contribution in [3.05, 3.63) is 27.9 Å². The van der Waals surface area contributed by atoms with Gasteiger partial charge in [0, 0.05) is 12.1 Å². The Hall–Kier alpha value is -2.16. The molecule has 0 bridgehead atoms. The Bertz CT molecular complexity index is 563. The summed E-state index contributed by atoms with van der Waals surface area (Å²) in [7, 11) is 0. The standard InChI is InChI=1S/C14H18N4O2/c1-14(2)5-3-4-11(7-14)17-13-10(8-15)6-12(9-16-13)18(19)20/h6,9,11H,3-5,7H2,1-2H3,(H,16,17). The molecule has 0 aromatic carbocycles. The Morgan fingerprint density at radius 3 is 2.95 bits per heavy atom. The maximum Gasteiger partial charge on any atom is 0.289 e. The van der Waals surface area contributed by atoms with Crippen LogP contribution in [0.2, 0.25) is 0 Å². The second-order valence-corrected chi connectivity index (χ2v) is 6.06. The smallest absolute Gasteiger partial charge is 0.289 e. The Balaban J connectivity index is 2.17. The number of nitrogens with zero attached hydrogens (tertiary/aromatic N) is 3. The van der Waals surface area contributed by atoms with E-state index in [1.54, 1.807) is 0 Å². The summed E-state index contributed by atoms with van der Waals surface area (Å²) in [5, 5.41) is 23.1. The van der Waals surface area contributed by atoms with Crippen molar-refractivity contribution < 1.29 is 4.92 Å². The summed E-state index contributed by atoms with van der Waals surface area (Å²) in [4.78, 5) is 14.2. The molecule has 0 saturated heterocycles. The summed E-state index contributed by atoms with van der Waals surface area (Å²) < 4.78 is 0. The second-order valence-electron chi connectivity index (χ2n) is 6.06. The fourth-order valence-electron chi connectivity index (χ4n) is 2.77. The van der Waals surface area contributed by atoms with Gasteiger partial charge < -0.3 is 5.32 Å². The molecule has 1 heterocycles. The van der Waals surface area contributed by atoms with Crippen LogP contribution in [-0.4, -0.2) is 15.9 Å². The zero-order valence-electron chi connectivity index (χ0n) is 11.7. The van der Waals surface area contributed by atoms with Crippen molar-refractivity contribution in [3.63, 3.8) is 0 Å². The van der Waals surface area contributed by atoms with E-state index in [4.69, 9.17) is 5.26 Å². The number of nitro groups is 1. The van der Waals surface area contributed by atoms with Gasteiger partial charge in [-0.2, -0.15) is 5.26 Å². The summed E-state index contributed by atoms with van der Waals surface area (Å²) in [6.07, 6.45) is 5.57. The molecule has 0 aliphatic heterocycles. The Kier molecular flexibility index (Phi) is 3.89. The topological polar surface area (TPSA) is 91.8 Å². The van der Waals surface area contributed by atoms with Crippen LogP contribution < -0.4 is 5.32 Å². The van der Waals surface area contributed by atoms with Gasteiger partial charge in [-0.25, -0.2) is 4.98 Å². The van der Waals surface area contributed by atoms with Gasteiger partial charge in [0.1, 0.15) is 23.6 Å². The monoisotopic (exact) mass is 274 g/mol. The second kappa shape index (κ2) is 5.45. The minimum absolute atomic E-state index is 0.156. The summed E-state index contributed by atoms with van der Waals surface area (Å²) >= 11 is 0. The summed E-state index contributed by atoms with van der Waals surface area (Å²) in [5.41, 5.74) is 0.349. The molecule has 1 aliphatic carbocycles. The third-order valence-corrected chi connectivity index (χ3v) is 3.75. The van der Waals surface area contributed by atoms with Crippen molar-refractivity contribution in [1.29, 1.82) is 5.26 Å². The molecule has 1 N–H and O–H groups in total. The molecule has 0 radical (unpaired) electrons. The lowest BCUT2D eigenvalue weighted by molar-refractivity contribution is -0.385. The number of anilines is 1. The molecule has 1 atom stereocenters. The number of pyridine rings is 1. The van der Waals surface area contributed by atoms with Crippen LogP contribution >= 0.6 is 0 Å². The van der Waals surface area contributed by atoms with E-state index >= 15 is 0 Å². The highest BCUT2D eigenvalue weighted by Gasteiger charge is 2.28. The number of nitriles is 1. The molecular weight excluding hydrogens is 256 g/mol. The quantitative estimate of drug-likeness (QED) is 0.674. The van der Waals surface area contributed by atoms with E-state index in [1.165, 1.54) is 18.7 Å². The maximum atomic E-state index is 10.7. The average molecular weight is 274 g/mol. The normalized spacial score (nSPS) is 20.9. The fraction of sp³-hybridized carbons (Fsp3) is 0.571. The number of hydrogen-bond donors (Lipinski definition) is 1. The summed E-state index contributed by atoms with van der Waals surface area (Å²) in [6, 6.07) is 3.50. The number of hydrogen-bond acceptors (Lipinski definition) is 5. The van der Waals surface area contributed by atoms with Crippen molar-refractivity contribution in [2.75, 3.05) is 5.32 Å². The van der Waals surface area contributed by atoms with Gasteiger partial charge in [0.2, 0.25) is 0 Å². The molecule has 20 heavy (non-hydrogen) atoms. The van der Waals surface area contributed by atoms with Crippen LogP contribution in [0.1, 0.15) is 45.1 Å². The third-order valence-electron chi connectivity index (χ3n) is 3.75. The first-order valence-electron chi connectivity index (χ1n) is 6.72. The molecule has 1 aromatic heterocycles. The van der Waals surface area contributed by atoms with Gasteiger partial charge in [0.05, 0.1) is 4.92 Å². The van der Waals surface area contributed by atoms with E-state index in [-0.39, 0.29) is 22.7 Å². The molecule has 0 amide bonds. The van der Waals surface area contributed by atoms with Gasteiger partial charge in [-0.1, -0.05) is 20.3 Å². The lowest BCUT2D eigenvalue weighted by Crippen LogP contribution is -2.32. The average Bonchev–Trinajstić information content (AvgIpc) is 2.37. The Morgan fingerprint density at radius 2 is 2.35 bits per heavy atom. The van der Waals surface area contributed by atoms with Gasteiger partial charge in [0.15, 0.2) is 0 Å². The SMILES string of the molecule is CC1(C)CCCC(Nc2ncc([N+](=O)[O-])cc2C#N)C1. The number of nitrogens with one attached hydrogen (secondary N) is 1. The first-order chi connectivity index (χ1) is 9.41. The van der Waals surface area contributed by atoms with Crippen molar-refractivity contribution in [3.8, 4) is 6.07 Å². The van der Waals surface area contributed by atoms with Crippen LogP contribution in [0.5, 0.6) is 0 Å². The first-order valence-corrected chi connectivity index (χ1v) is 6.72. The first kappa shape index (κ1) is 14.3. The largest absolute Gasteiger partial charge is 0.366 e. The third kappa shape index (κ3) is 3.23. The van der Waals surface area contributed by atoms with Crippen molar-refractivity contribution in [1.82, 2.24) is 4.98 Å². The van der Waals surface area contributed by atoms with Crippen molar-refractivity contribution >= 4 is 11.5 Å². The van der Waals surface area contributed by atoms with Crippen LogP contribution in [-0.2, 0) is 0 Å². The molecular formula is C14H18N4O2. The van der Waals surface area contributed by atoms with Gasteiger partial charge in [-0.15, -0.1) is 0 Å². The van der Waals surface area contributed by atoms with Crippen LogP contribution in [0.4, 0.5) is 11.5 Å². The van der Waals surface area contributed by atoms with Crippen LogP contribution in [0.15, 0.2) is 12.3 Å². The molecule has 1 aliphatic rings. The van der Waals surface area contributed by atoms with E-state index in [2.05, 4.69) is 24.1 Å². The van der Waals surface area contributed by atoms with Crippen LogP contribution in [0.25, 0.3) is 0 Å². The van der Waals surface area contributed by atoms with Gasteiger partial charge >= 0.3 is 0 Å². The maximum absolute atomic E-state index is 10.7. The molecule has 6 heteroatoms. The van der Waals surface area contributed by atoms with Gasteiger partial charge in [0.25, 0.3) is 5.69 Å². The van der Waals surface area contributed by atoms with E-state index in [1.807, 2.05) is 6.07 Å². The Morgan fingerprint density at radius 1 is 1.60 bits per heavy atom. The zero-order valence-corrected chi connectivity index (χ0v) is 11.7. The lowest BCUT2D eigenvalue weighted by atomic mass is 9.75. The molecule has 2 rings (SSSR count).